The molecular formula is C18H19N7O. The van der Waals surface area contributed by atoms with Crippen LogP contribution in [0.15, 0.2) is 48.9 Å². The fourth-order valence-corrected chi connectivity index (χ4v) is 3.15. The van der Waals surface area contributed by atoms with Gasteiger partial charge in [-0.15, -0.1) is 0 Å². The second kappa shape index (κ2) is 6.23. The second-order valence-corrected chi connectivity index (χ2v) is 6.09. The average Bonchev–Trinajstić information content (AvgIpc) is 3.17. The highest BCUT2D eigenvalue weighted by atomic mass is 16.2. The summed E-state index contributed by atoms with van der Waals surface area (Å²) in [6.07, 6.45) is 5.73. The molecular weight excluding hydrogens is 330 g/mol. The monoisotopic (exact) mass is 349 g/mol. The van der Waals surface area contributed by atoms with Crippen LogP contribution in [-0.2, 0) is 4.79 Å². The molecule has 3 heterocycles. The van der Waals surface area contributed by atoms with Crippen LogP contribution < -0.4 is 15.8 Å². The van der Waals surface area contributed by atoms with Gasteiger partial charge in [-0.2, -0.15) is 4.98 Å². The van der Waals surface area contributed by atoms with Gasteiger partial charge in [0.2, 0.25) is 5.95 Å². The molecule has 0 saturated heterocycles. The Bertz CT molecular complexity index is 953. The standard InChI is InChI=1S/C18H19N7O/c1-3-13-17(26)23(2)14-11-21-18(22-16(14)25(13)19)24-10-9-20-15(24)12-7-5-4-6-8-12/h4-11,13H,3,19H2,1-2H3. The van der Waals surface area contributed by atoms with Gasteiger partial charge in [0, 0.05) is 25.0 Å². The molecule has 0 saturated carbocycles. The third-order valence-electron chi connectivity index (χ3n) is 4.57. The first-order chi connectivity index (χ1) is 12.6. The molecule has 0 spiro atoms. The van der Waals surface area contributed by atoms with Gasteiger partial charge in [-0.25, -0.2) is 15.8 Å². The maximum absolute atomic E-state index is 12.4. The van der Waals surface area contributed by atoms with Crippen molar-refractivity contribution in [2.45, 2.75) is 19.4 Å². The Morgan fingerprint density at radius 3 is 2.69 bits per heavy atom. The Morgan fingerprint density at radius 1 is 1.19 bits per heavy atom. The van der Waals surface area contributed by atoms with Gasteiger partial charge in [-0.05, 0) is 6.42 Å². The Balaban J connectivity index is 1.82. The molecule has 1 aromatic carbocycles. The van der Waals surface area contributed by atoms with E-state index in [1.165, 1.54) is 5.01 Å². The molecule has 0 aliphatic carbocycles. The highest BCUT2D eigenvalue weighted by Gasteiger charge is 2.35. The van der Waals surface area contributed by atoms with Crippen molar-refractivity contribution in [1.82, 2.24) is 19.5 Å². The summed E-state index contributed by atoms with van der Waals surface area (Å²) in [7, 11) is 1.71. The summed E-state index contributed by atoms with van der Waals surface area (Å²) in [5.41, 5.74) is 1.55. The Labute approximate surface area is 150 Å². The maximum Gasteiger partial charge on any atom is 0.251 e. The van der Waals surface area contributed by atoms with Crippen LogP contribution in [0.2, 0.25) is 0 Å². The molecule has 2 N–H and O–H groups in total. The number of carbonyl (C=O) groups is 1. The van der Waals surface area contributed by atoms with E-state index in [0.29, 0.717) is 23.9 Å². The van der Waals surface area contributed by atoms with Crippen LogP contribution in [0.5, 0.6) is 0 Å². The molecule has 4 rings (SSSR count). The van der Waals surface area contributed by atoms with Crippen LogP contribution in [0.1, 0.15) is 13.3 Å². The predicted octanol–water partition coefficient (Wildman–Crippen LogP) is 1.76. The van der Waals surface area contributed by atoms with Crippen LogP contribution in [0.4, 0.5) is 11.5 Å². The number of aromatic nitrogens is 4. The second-order valence-electron chi connectivity index (χ2n) is 6.09. The lowest BCUT2D eigenvalue weighted by molar-refractivity contribution is -0.120. The molecule has 1 amide bonds. The molecule has 1 unspecified atom stereocenters. The fourth-order valence-electron chi connectivity index (χ4n) is 3.15. The lowest BCUT2D eigenvalue weighted by Gasteiger charge is -2.37. The molecule has 2 aromatic heterocycles. The number of likely N-dealkylation sites (N-methyl/N-ethyl adjacent to an activating group) is 1. The number of amides is 1. The molecule has 0 fully saturated rings. The van der Waals surface area contributed by atoms with Crippen LogP contribution >= 0.6 is 0 Å². The van der Waals surface area contributed by atoms with Crippen molar-refractivity contribution in [1.29, 1.82) is 0 Å². The van der Waals surface area contributed by atoms with Crippen LogP contribution in [0.25, 0.3) is 17.3 Å². The molecule has 0 bridgehead atoms. The van der Waals surface area contributed by atoms with E-state index >= 15 is 0 Å². The Hall–Kier alpha value is -3.26. The quantitative estimate of drug-likeness (QED) is 0.724. The van der Waals surface area contributed by atoms with E-state index in [-0.39, 0.29) is 5.91 Å². The van der Waals surface area contributed by atoms with Gasteiger partial charge >= 0.3 is 0 Å². The molecule has 1 aliphatic heterocycles. The van der Waals surface area contributed by atoms with Crippen LogP contribution in [0, 0.1) is 0 Å². The van der Waals surface area contributed by atoms with Gasteiger partial charge < -0.3 is 4.90 Å². The van der Waals surface area contributed by atoms with Crippen molar-refractivity contribution >= 4 is 17.4 Å². The zero-order valence-electron chi connectivity index (χ0n) is 14.6. The zero-order chi connectivity index (χ0) is 18.3. The first kappa shape index (κ1) is 16.2. The molecule has 132 valence electrons. The third-order valence-corrected chi connectivity index (χ3v) is 4.57. The normalized spacial score (nSPS) is 16.7. The minimum absolute atomic E-state index is 0.0635. The number of nitrogens with zero attached hydrogens (tertiary/aromatic N) is 6. The predicted molar refractivity (Wildman–Crippen MR) is 98.7 cm³/mol. The highest BCUT2D eigenvalue weighted by Crippen LogP contribution is 2.32. The summed E-state index contributed by atoms with van der Waals surface area (Å²) in [6, 6.07) is 9.38. The van der Waals surface area contributed by atoms with Gasteiger partial charge in [0.25, 0.3) is 5.91 Å². The number of anilines is 2. The first-order valence-corrected chi connectivity index (χ1v) is 8.39. The fraction of sp³-hybridized carbons (Fsp3) is 0.222. The van der Waals surface area contributed by atoms with Crippen molar-refractivity contribution in [2.24, 2.45) is 5.84 Å². The van der Waals surface area contributed by atoms with Gasteiger partial charge in [-0.3, -0.25) is 14.4 Å². The summed E-state index contributed by atoms with van der Waals surface area (Å²) in [5, 5.41) is 1.43. The summed E-state index contributed by atoms with van der Waals surface area (Å²) in [4.78, 5) is 27.5. The van der Waals surface area contributed by atoms with Crippen LogP contribution in [-0.4, -0.2) is 38.5 Å². The molecule has 8 heteroatoms. The van der Waals surface area contributed by atoms with Gasteiger partial charge in [-0.1, -0.05) is 37.3 Å². The largest absolute Gasteiger partial charge is 0.309 e. The number of hydrogen-bond acceptors (Lipinski definition) is 6. The molecule has 1 aliphatic rings. The van der Waals surface area contributed by atoms with E-state index in [2.05, 4.69) is 15.0 Å². The summed E-state index contributed by atoms with van der Waals surface area (Å²) in [6.45, 7) is 1.92. The number of hydrogen-bond donors (Lipinski definition) is 1. The number of carbonyl (C=O) groups excluding carboxylic acids is 1. The summed E-state index contributed by atoms with van der Waals surface area (Å²) >= 11 is 0. The van der Waals surface area contributed by atoms with Crippen molar-refractivity contribution in [3.8, 4) is 17.3 Å². The molecule has 8 nitrogen and oxygen atoms in total. The average molecular weight is 349 g/mol. The number of rotatable bonds is 3. The van der Waals surface area contributed by atoms with Crippen molar-refractivity contribution in [3.05, 3.63) is 48.9 Å². The maximum atomic E-state index is 12.4. The zero-order valence-corrected chi connectivity index (χ0v) is 14.6. The van der Waals surface area contributed by atoms with Gasteiger partial charge in [0.05, 0.1) is 6.20 Å². The van der Waals surface area contributed by atoms with E-state index in [1.54, 1.807) is 35.1 Å². The van der Waals surface area contributed by atoms with Crippen molar-refractivity contribution < 1.29 is 4.79 Å². The molecule has 0 radical (unpaired) electrons. The number of nitrogens with two attached hydrogens (primary N) is 1. The number of imidazole rings is 1. The topological polar surface area (TPSA) is 93.2 Å². The molecule has 3 aromatic rings. The van der Waals surface area contributed by atoms with E-state index in [1.807, 2.05) is 37.3 Å². The SMILES string of the molecule is CCC1C(=O)N(C)c2cnc(-n3ccnc3-c3ccccc3)nc2N1N. The minimum atomic E-state index is -0.438. The molecule has 26 heavy (non-hydrogen) atoms. The first-order valence-electron chi connectivity index (χ1n) is 8.39. The lowest BCUT2D eigenvalue weighted by atomic mass is 10.1. The Morgan fingerprint density at radius 2 is 1.96 bits per heavy atom. The van der Waals surface area contributed by atoms with Crippen molar-refractivity contribution in [2.75, 3.05) is 17.0 Å². The summed E-state index contributed by atoms with van der Waals surface area (Å²) < 4.78 is 1.81. The minimum Gasteiger partial charge on any atom is -0.309 e. The third kappa shape index (κ3) is 2.42. The van der Waals surface area contributed by atoms with E-state index in [9.17, 15) is 4.79 Å². The van der Waals surface area contributed by atoms with Crippen LogP contribution in [0.3, 0.4) is 0 Å². The van der Waals surface area contributed by atoms with Crippen molar-refractivity contribution in [3.63, 3.8) is 0 Å². The smallest absolute Gasteiger partial charge is 0.251 e. The van der Waals surface area contributed by atoms with E-state index < -0.39 is 6.04 Å². The Kier molecular flexibility index (Phi) is 3.89. The summed E-state index contributed by atoms with van der Waals surface area (Å²) in [5.74, 6) is 7.85. The number of hydrazine groups is 1. The van der Waals surface area contributed by atoms with E-state index in [0.717, 1.165) is 11.4 Å². The lowest BCUT2D eigenvalue weighted by Crippen LogP contribution is -2.55. The van der Waals surface area contributed by atoms with Gasteiger partial charge in [0.1, 0.15) is 17.6 Å². The van der Waals surface area contributed by atoms with E-state index in [4.69, 9.17) is 5.84 Å². The number of benzene rings is 1. The highest BCUT2D eigenvalue weighted by molar-refractivity contribution is 6.03. The number of fused-ring (bicyclic) bond motifs is 1. The molecule has 1 atom stereocenters. The van der Waals surface area contributed by atoms with Gasteiger partial charge in [0.15, 0.2) is 5.82 Å².